The molecule has 0 radical (unpaired) electrons. The molecule has 46 heavy (non-hydrogen) atoms. The number of aliphatic imine (C=N–C) groups is 1. The normalized spacial score (nSPS) is 17.3. The van der Waals surface area contributed by atoms with Crippen molar-refractivity contribution in [3.8, 4) is 5.75 Å². The number of isothiocyanates is 1. The van der Waals surface area contributed by atoms with Crippen LogP contribution in [0.1, 0.15) is 17.3 Å². The third kappa shape index (κ3) is 14.4. The summed E-state index contributed by atoms with van der Waals surface area (Å²) in [5, 5.41) is 53.0. The summed E-state index contributed by atoms with van der Waals surface area (Å²) in [6, 6.07) is 4.02. The highest BCUT2D eigenvalue weighted by Crippen LogP contribution is 2.25. The highest BCUT2D eigenvalue weighted by Gasteiger charge is 2.23. The fourth-order valence-electron chi connectivity index (χ4n) is 4.69. The standard InChI is InChI=1S/C28H40N6O11S/c1-19(45-23-3-2-20(30-18-46)12-22(23)28(43)44)27(42)29-13-21(35)14-31-4-6-32(15-24(36)37)8-10-34(17-26(40)41)11-9-33(7-5-31)16-25(38)39/h2-3,12,19,21,35H,4-11,13-17H2,1H3,(H,29,42)(H,36,37)(H,38,39)(H,40,41)(H,43,44). The third-order valence-corrected chi connectivity index (χ3v) is 7.12. The van der Waals surface area contributed by atoms with Gasteiger partial charge in [-0.2, -0.15) is 4.99 Å². The van der Waals surface area contributed by atoms with E-state index >= 15 is 0 Å². The summed E-state index contributed by atoms with van der Waals surface area (Å²) in [4.78, 5) is 69.2. The van der Waals surface area contributed by atoms with Gasteiger partial charge in [0.2, 0.25) is 0 Å². The molecule has 2 atom stereocenters. The Bertz CT molecular complexity index is 1250. The lowest BCUT2D eigenvalue weighted by Gasteiger charge is -2.33. The number of hydrogen-bond acceptors (Lipinski definition) is 13. The molecule has 1 aromatic carbocycles. The maximum atomic E-state index is 12.7. The van der Waals surface area contributed by atoms with Crippen molar-refractivity contribution < 1.29 is 54.2 Å². The number of aromatic carboxylic acids is 1. The Morgan fingerprint density at radius 2 is 1.30 bits per heavy atom. The lowest BCUT2D eigenvalue weighted by Crippen LogP contribution is -2.50. The van der Waals surface area contributed by atoms with E-state index < -0.39 is 42.0 Å². The average Bonchev–Trinajstić information content (AvgIpc) is 2.97. The highest BCUT2D eigenvalue weighted by molar-refractivity contribution is 7.78. The molecule has 1 saturated heterocycles. The van der Waals surface area contributed by atoms with Crippen molar-refractivity contribution in [1.29, 1.82) is 0 Å². The van der Waals surface area contributed by atoms with Crippen molar-refractivity contribution in [2.75, 3.05) is 85.1 Å². The van der Waals surface area contributed by atoms with E-state index in [1.165, 1.54) is 25.1 Å². The van der Waals surface area contributed by atoms with Gasteiger partial charge in [-0.1, -0.05) is 0 Å². The Labute approximate surface area is 270 Å². The number of carboxylic acids is 4. The number of nitrogens with zero attached hydrogens (tertiary/aromatic N) is 5. The van der Waals surface area contributed by atoms with Crippen LogP contribution in [0.25, 0.3) is 0 Å². The molecule has 17 nitrogen and oxygen atoms in total. The Kier molecular flexibility index (Phi) is 16.2. The number of ether oxygens (including phenoxy) is 1. The summed E-state index contributed by atoms with van der Waals surface area (Å²) in [5.74, 6) is -5.13. The van der Waals surface area contributed by atoms with E-state index in [2.05, 4.69) is 27.7 Å². The molecule has 0 aromatic heterocycles. The van der Waals surface area contributed by atoms with E-state index in [-0.39, 0.29) is 89.0 Å². The van der Waals surface area contributed by atoms with E-state index in [1.54, 1.807) is 14.7 Å². The van der Waals surface area contributed by atoms with Crippen LogP contribution in [0.4, 0.5) is 5.69 Å². The molecule has 1 fully saturated rings. The van der Waals surface area contributed by atoms with Crippen LogP contribution in [-0.2, 0) is 19.2 Å². The van der Waals surface area contributed by atoms with Gasteiger partial charge in [-0.05, 0) is 37.3 Å². The van der Waals surface area contributed by atoms with Crippen molar-refractivity contribution in [1.82, 2.24) is 24.9 Å². The monoisotopic (exact) mass is 668 g/mol. The molecule has 0 saturated carbocycles. The van der Waals surface area contributed by atoms with Crippen LogP contribution in [-0.4, -0.2) is 177 Å². The number of aliphatic carboxylic acids is 3. The van der Waals surface area contributed by atoms with Crippen molar-refractivity contribution in [3.63, 3.8) is 0 Å². The number of thiocarbonyl (C=S) groups is 1. The minimum absolute atomic E-state index is 0.0630. The fraction of sp³-hybridized carbons (Fsp3) is 0.571. The van der Waals surface area contributed by atoms with Crippen LogP contribution in [0.5, 0.6) is 5.75 Å². The molecule has 0 spiro atoms. The first-order valence-corrected chi connectivity index (χ1v) is 14.8. The van der Waals surface area contributed by atoms with Crippen LogP contribution in [0.15, 0.2) is 23.2 Å². The van der Waals surface area contributed by atoms with Gasteiger partial charge in [-0.25, -0.2) is 4.79 Å². The van der Waals surface area contributed by atoms with Gasteiger partial charge in [0.1, 0.15) is 11.3 Å². The number of carbonyl (C=O) groups is 5. The molecule has 1 heterocycles. The summed E-state index contributed by atoms with van der Waals surface area (Å²) in [5.41, 5.74) is 0.0176. The van der Waals surface area contributed by atoms with E-state index in [1.807, 2.05) is 4.90 Å². The second-order valence-electron chi connectivity index (χ2n) is 10.7. The molecule has 0 aliphatic carbocycles. The molecule has 254 valence electrons. The molecule has 1 aliphatic heterocycles. The van der Waals surface area contributed by atoms with Crippen molar-refractivity contribution >= 4 is 52.9 Å². The summed E-state index contributed by atoms with van der Waals surface area (Å²) >= 11 is 4.53. The predicted octanol–water partition coefficient (Wildman–Crippen LogP) is -1.16. The van der Waals surface area contributed by atoms with Gasteiger partial charge in [-0.3, -0.25) is 38.8 Å². The largest absolute Gasteiger partial charge is 0.480 e. The van der Waals surface area contributed by atoms with Gasteiger partial charge in [0.25, 0.3) is 5.91 Å². The molecule has 2 rings (SSSR count). The smallest absolute Gasteiger partial charge is 0.339 e. The lowest BCUT2D eigenvalue weighted by molar-refractivity contribution is -0.140. The second-order valence-corrected chi connectivity index (χ2v) is 10.8. The second kappa shape index (κ2) is 19.5. The SMILES string of the molecule is CC(Oc1ccc(N=C=S)cc1C(=O)O)C(=O)NCC(O)CN1CCN(CC(=O)O)CCN(CC(=O)O)CCN(CC(=O)O)CC1. The summed E-state index contributed by atoms with van der Waals surface area (Å²) < 4.78 is 5.56. The number of amides is 1. The number of β-amino-alcohol motifs (C(OH)–C–C–N with tert-alkyl or cyclic N) is 1. The Balaban J connectivity index is 2.05. The van der Waals surface area contributed by atoms with Gasteiger partial charge in [0.15, 0.2) is 6.10 Å². The van der Waals surface area contributed by atoms with E-state index in [0.29, 0.717) is 13.1 Å². The van der Waals surface area contributed by atoms with Crippen LogP contribution in [0.3, 0.4) is 0 Å². The van der Waals surface area contributed by atoms with Crippen molar-refractivity contribution in [2.45, 2.75) is 19.1 Å². The first-order valence-electron chi connectivity index (χ1n) is 14.4. The lowest BCUT2D eigenvalue weighted by atomic mass is 10.1. The van der Waals surface area contributed by atoms with Gasteiger partial charge in [-0.15, -0.1) is 0 Å². The number of benzene rings is 1. The Hall–Kier alpha value is -4.03. The maximum absolute atomic E-state index is 12.7. The van der Waals surface area contributed by atoms with Crippen LogP contribution in [0.2, 0.25) is 0 Å². The number of carboxylic acid groups (broad SMARTS) is 4. The van der Waals surface area contributed by atoms with Crippen LogP contribution < -0.4 is 10.1 Å². The molecule has 18 heteroatoms. The molecular formula is C28H40N6O11S. The average molecular weight is 669 g/mol. The number of hydrogen-bond donors (Lipinski definition) is 6. The van der Waals surface area contributed by atoms with Crippen molar-refractivity contribution in [3.05, 3.63) is 23.8 Å². The van der Waals surface area contributed by atoms with Crippen molar-refractivity contribution in [2.24, 2.45) is 4.99 Å². The van der Waals surface area contributed by atoms with Gasteiger partial charge < -0.3 is 35.6 Å². The van der Waals surface area contributed by atoms with Gasteiger partial charge >= 0.3 is 23.9 Å². The zero-order valence-corrected chi connectivity index (χ0v) is 26.2. The number of aliphatic hydroxyl groups excluding tert-OH is 1. The number of nitrogens with one attached hydrogen (secondary N) is 1. The van der Waals surface area contributed by atoms with Crippen LogP contribution in [0, 0.1) is 0 Å². The quantitative estimate of drug-likeness (QED) is 0.0955. The molecule has 1 aliphatic rings. The molecule has 1 aromatic rings. The summed E-state index contributed by atoms with van der Waals surface area (Å²) in [6.45, 7) is 2.67. The van der Waals surface area contributed by atoms with E-state index in [4.69, 9.17) is 4.74 Å². The van der Waals surface area contributed by atoms with Crippen LogP contribution >= 0.6 is 12.2 Å². The fourth-order valence-corrected chi connectivity index (χ4v) is 4.79. The number of rotatable bonds is 15. The maximum Gasteiger partial charge on any atom is 0.339 e. The minimum atomic E-state index is -1.30. The zero-order valence-electron chi connectivity index (χ0n) is 25.4. The highest BCUT2D eigenvalue weighted by atomic mass is 32.1. The summed E-state index contributed by atoms with van der Waals surface area (Å²) in [7, 11) is 0. The molecule has 0 bridgehead atoms. The predicted molar refractivity (Wildman–Crippen MR) is 166 cm³/mol. The van der Waals surface area contributed by atoms with Gasteiger partial charge in [0, 0.05) is 65.4 Å². The van der Waals surface area contributed by atoms with E-state index in [9.17, 15) is 49.5 Å². The first kappa shape index (κ1) is 38.2. The Morgan fingerprint density at radius 1 is 0.848 bits per heavy atom. The summed E-state index contributed by atoms with van der Waals surface area (Å²) in [6.07, 6.45) is -2.20. The molecule has 1 amide bonds. The van der Waals surface area contributed by atoms with E-state index in [0.717, 1.165) is 0 Å². The topological polar surface area (TPSA) is 233 Å². The third-order valence-electron chi connectivity index (χ3n) is 7.03. The zero-order chi connectivity index (χ0) is 34.2. The molecular weight excluding hydrogens is 628 g/mol. The molecule has 2 unspecified atom stereocenters. The molecule has 6 N–H and O–H groups in total. The first-order chi connectivity index (χ1) is 21.8. The number of carbonyl (C=O) groups excluding carboxylic acids is 1. The Morgan fingerprint density at radius 3 is 1.72 bits per heavy atom. The van der Waals surface area contributed by atoms with Gasteiger partial charge in [0.05, 0.1) is 36.6 Å². The minimum Gasteiger partial charge on any atom is -0.480 e. The number of aliphatic hydroxyl groups is 1.